The molecule has 0 bridgehead atoms. The van der Waals surface area contributed by atoms with Crippen LogP contribution >= 0.6 is 12.4 Å². The summed E-state index contributed by atoms with van der Waals surface area (Å²) in [5.41, 5.74) is 0.357. The number of amides is 1. The van der Waals surface area contributed by atoms with Gasteiger partial charge in [0.1, 0.15) is 5.69 Å². The zero-order valence-electron chi connectivity index (χ0n) is 14.5. The molecule has 1 aromatic heterocycles. The number of piperidine rings is 1. The standard InChI is InChI=1S/C16H24F3N5O.ClH/c17-16(18,19)11-23-6-3-12(10-23)8-21-15(25)14-4-7-24(22-14)13-2-1-5-20-9-13;/h4,7,12-13,20H,1-3,5-6,8-11H2,(H,21,25);1H. The molecule has 2 aliphatic heterocycles. The van der Waals surface area contributed by atoms with Crippen LogP contribution in [0.25, 0.3) is 0 Å². The number of halogens is 4. The molecule has 148 valence electrons. The van der Waals surface area contributed by atoms with Crippen molar-refractivity contribution in [3.8, 4) is 0 Å². The molecule has 2 fully saturated rings. The fourth-order valence-electron chi connectivity index (χ4n) is 3.53. The maximum atomic E-state index is 12.4. The number of hydrogen-bond donors (Lipinski definition) is 2. The lowest BCUT2D eigenvalue weighted by molar-refractivity contribution is -0.143. The smallest absolute Gasteiger partial charge is 0.350 e. The van der Waals surface area contributed by atoms with E-state index >= 15 is 0 Å². The Balaban J connectivity index is 0.00000243. The van der Waals surface area contributed by atoms with E-state index in [-0.39, 0.29) is 30.3 Å². The number of aromatic nitrogens is 2. The highest BCUT2D eigenvalue weighted by molar-refractivity contribution is 5.92. The molecule has 2 atom stereocenters. The number of nitrogens with zero attached hydrogens (tertiary/aromatic N) is 3. The minimum absolute atomic E-state index is 0. The van der Waals surface area contributed by atoms with Crippen LogP contribution in [0.2, 0.25) is 0 Å². The van der Waals surface area contributed by atoms with Gasteiger partial charge in [0.05, 0.1) is 12.6 Å². The third-order valence-corrected chi connectivity index (χ3v) is 4.81. The van der Waals surface area contributed by atoms with E-state index in [2.05, 4.69) is 15.7 Å². The molecule has 0 radical (unpaired) electrons. The number of rotatable bonds is 5. The predicted molar refractivity (Wildman–Crippen MR) is 93.6 cm³/mol. The van der Waals surface area contributed by atoms with E-state index in [4.69, 9.17) is 0 Å². The van der Waals surface area contributed by atoms with Gasteiger partial charge in [0.15, 0.2) is 0 Å². The molecule has 0 aromatic carbocycles. The topological polar surface area (TPSA) is 62.2 Å². The largest absolute Gasteiger partial charge is 0.401 e. The van der Waals surface area contributed by atoms with E-state index in [0.717, 1.165) is 25.9 Å². The van der Waals surface area contributed by atoms with Crippen molar-refractivity contribution in [2.24, 2.45) is 5.92 Å². The Morgan fingerprint density at radius 2 is 2.19 bits per heavy atom. The van der Waals surface area contributed by atoms with Crippen molar-refractivity contribution in [1.82, 2.24) is 25.3 Å². The zero-order chi connectivity index (χ0) is 17.9. The maximum Gasteiger partial charge on any atom is 0.401 e. The highest BCUT2D eigenvalue weighted by Gasteiger charge is 2.34. The SMILES string of the molecule is Cl.O=C(NCC1CCN(CC(F)(F)F)C1)c1ccn(C2CCCNC2)n1. The number of carbonyl (C=O) groups is 1. The number of hydrogen-bond acceptors (Lipinski definition) is 4. The minimum Gasteiger partial charge on any atom is -0.350 e. The van der Waals surface area contributed by atoms with Crippen LogP contribution in [0.4, 0.5) is 13.2 Å². The summed E-state index contributed by atoms with van der Waals surface area (Å²) < 4.78 is 39.0. The molecule has 1 aromatic rings. The Morgan fingerprint density at radius 1 is 1.38 bits per heavy atom. The van der Waals surface area contributed by atoms with Crippen LogP contribution in [-0.2, 0) is 0 Å². The Bertz CT molecular complexity index is 589. The van der Waals surface area contributed by atoms with Crippen molar-refractivity contribution in [3.05, 3.63) is 18.0 Å². The van der Waals surface area contributed by atoms with Crippen molar-refractivity contribution in [3.63, 3.8) is 0 Å². The number of nitrogens with one attached hydrogen (secondary N) is 2. The summed E-state index contributed by atoms with van der Waals surface area (Å²) in [5.74, 6) is -0.215. The minimum atomic E-state index is -4.17. The zero-order valence-corrected chi connectivity index (χ0v) is 15.3. The molecule has 2 aliphatic rings. The summed E-state index contributed by atoms with van der Waals surface area (Å²) in [7, 11) is 0. The molecule has 0 saturated carbocycles. The summed E-state index contributed by atoms with van der Waals surface area (Å²) in [4.78, 5) is 13.6. The Hall–Kier alpha value is -1.32. The van der Waals surface area contributed by atoms with Crippen LogP contribution in [0, 0.1) is 5.92 Å². The third-order valence-electron chi connectivity index (χ3n) is 4.81. The van der Waals surface area contributed by atoms with Crippen LogP contribution in [0.3, 0.4) is 0 Å². The highest BCUT2D eigenvalue weighted by atomic mass is 35.5. The number of likely N-dealkylation sites (tertiary alicyclic amines) is 1. The Kier molecular flexibility index (Phi) is 7.31. The molecule has 0 aliphatic carbocycles. The van der Waals surface area contributed by atoms with Gasteiger partial charge in [0.2, 0.25) is 0 Å². The van der Waals surface area contributed by atoms with Gasteiger partial charge in [-0.3, -0.25) is 14.4 Å². The lowest BCUT2D eigenvalue weighted by Gasteiger charge is -2.22. The molecule has 26 heavy (non-hydrogen) atoms. The second-order valence-electron chi connectivity index (χ2n) is 6.90. The lowest BCUT2D eigenvalue weighted by atomic mass is 10.1. The molecule has 2 saturated heterocycles. The first-order valence-corrected chi connectivity index (χ1v) is 8.74. The second kappa shape index (κ2) is 9.05. The summed E-state index contributed by atoms with van der Waals surface area (Å²) in [6.45, 7) is 2.14. The van der Waals surface area contributed by atoms with E-state index in [1.54, 1.807) is 6.07 Å². The van der Waals surface area contributed by atoms with Crippen molar-refractivity contribution >= 4 is 18.3 Å². The fourth-order valence-corrected chi connectivity index (χ4v) is 3.53. The first kappa shape index (κ1) is 21.0. The van der Waals surface area contributed by atoms with Gasteiger partial charge in [-0.15, -0.1) is 12.4 Å². The normalized spacial score (nSPS) is 24.3. The second-order valence-corrected chi connectivity index (χ2v) is 6.90. The van der Waals surface area contributed by atoms with Crippen LogP contribution in [-0.4, -0.2) is 66.0 Å². The monoisotopic (exact) mass is 395 g/mol. The predicted octanol–water partition coefficient (Wildman–Crippen LogP) is 1.84. The van der Waals surface area contributed by atoms with Crippen LogP contribution < -0.4 is 10.6 Å². The van der Waals surface area contributed by atoms with Crippen molar-refractivity contribution in [2.75, 3.05) is 39.3 Å². The first-order chi connectivity index (χ1) is 11.9. The maximum absolute atomic E-state index is 12.4. The van der Waals surface area contributed by atoms with Gasteiger partial charge >= 0.3 is 6.18 Å². The van der Waals surface area contributed by atoms with E-state index in [1.165, 1.54) is 4.90 Å². The Labute approximate surface area is 156 Å². The molecular formula is C16H25ClF3N5O. The van der Waals surface area contributed by atoms with Gasteiger partial charge in [0, 0.05) is 25.8 Å². The summed E-state index contributed by atoms with van der Waals surface area (Å²) in [6, 6.07) is 1.95. The average Bonchev–Trinajstić information content (AvgIpc) is 3.21. The molecule has 3 rings (SSSR count). The third kappa shape index (κ3) is 5.85. The quantitative estimate of drug-likeness (QED) is 0.798. The average molecular weight is 396 g/mol. The molecule has 2 unspecified atom stereocenters. The van der Waals surface area contributed by atoms with Gasteiger partial charge in [-0.1, -0.05) is 0 Å². The summed E-state index contributed by atoms with van der Waals surface area (Å²) in [5, 5.41) is 10.5. The molecule has 3 heterocycles. The molecule has 0 spiro atoms. The van der Waals surface area contributed by atoms with Gasteiger partial charge in [-0.05, 0) is 44.3 Å². The van der Waals surface area contributed by atoms with E-state index in [0.29, 0.717) is 31.7 Å². The molecule has 10 heteroatoms. The number of carbonyl (C=O) groups excluding carboxylic acids is 1. The number of alkyl halides is 3. The fraction of sp³-hybridized carbons (Fsp3) is 0.750. The summed E-state index contributed by atoms with van der Waals surface area (Å²) >= 11 is 0. The lowest BCUT2D eigenvalue weighted by Crippen LogP contribution is -2.35. The summed E-state index contributed by atoms with van der Waals surface area (Å²) in [6.07, 6.45) is 0.430. The van der Waals surface area contributed by atoms with Crippen molar-refractivity contribution < 1.29 is 18.0 Å². The van der Waals surface area contributed by atoms with Gasteiger partial charge < -0.3 is 10.6 Å². The van der Waals surface area contributed by atoms with E-state index < -0.39 is 12.7 Å². The van der Waals surface area contributed by atoms with E-state index in [9.17, 15) is 18.0 Å². The van der Waals surface area contributed by atoms with Crippen LogP contribution in [0.1, 0.15) is 35.8 Å². The van der Waals surface area contributed by atoms with Crippen LogP contribution in [0.5, 0.6) is 0 Å². The van der Waals surface area contributed by atoms with Gasteiger partial charge in [0.25, 0.3) is 5.91 Å². The Morgan fingerprint density at radius 3 is 2.88 bits per heavy atom. The van der Waals surface area contributed by atoms with Crippen LogP contribution in [0.15, 0.2) is 12.3 Å². The molecular weight excluding hydrogens is 371 g/mol. The molecule has 2 N–H and O–H groups in total. The first-order valence-electron chi connectivity index (χ1n) is 8.74. The van der Waals surface area contributed by atoms with Gasteiger partial charge in [-0.2, -0.15) is 18.3 Å². The highest BCUT2D eigenvalue weighted by Crippen LogP contribution is 2.22. The van der Waals surface area contributed by atoms with Gasteiger partial charge in [-0.25, -0.2) is 0 Å². The van der Waals surface area contributed by atoms with Crippen molar-refractivity contribution in [1.29, 1.82) is 0 Å². The molecule has 1 amide bonds. The molecule has 6 nitrogen and oxygen atoms in total. The van der Waals surface area contributed by atoms with Crippen molar-refractivity contribution in [2.45, 2.75) is 31.5 Å². The van der Waals surface area contributed by atoms with E-state index in [1.807, 2.05) is 10.9 Å².